The summed E-state index contributed by atoms with van der Waals surface area (Å²) in [6, 6.07) is 0. The fourth-order valence-electron chi connectivity index (χ4n) is 3.98. The molecular weight excluding hydrogens is 358 g/mol. The molecule has 0 aromatic carbocycles. The molecule has 1 saturated heterocycles. The van der Waals surface area contributed by atoms with Crippen LogP contribution in [-0.2, 0) is 9.47 Å². The molecule has 0 bridgehead atoms. The van der Waals surface area contributed by atoms with Gasteiger partial charge in [0.2, 0.25) is 0 Å². The van der Waals surface area contributed by atoms with Crippen LogP contribution in [0.5, 0.6) is 0 Å². The van der Waals surface area contributed by atoms with E-state index in [0.717, 1.165) is 38.8 Å². The highest BCUT2D eigenvalue weighted by Crippen LogP contribution is 2.33. The maximum absolute atomic E-state index is 11.7. The van der Waals surface area contributed by atoms with Crippen molar-refractivity contribution in [3.8, 4) is 0 Å². The SMILES string of the molecule is CN=C(NCCNC(=O)OC(C)(C)C)NCC1(N2CCOCC2)CCCCC1. The highest BCUT2D eigenvalue weighted by atomic mass is 16.6. The van der Waals surface area contributed by atoms with Crippen molar-refractivity contribution in [2.75, 3.05) is 53.0 Å². The summed E-state index contributed by atoms with van der Waals surface area (Å²) in [6.07, 6.45) is 5.94. The number of morpholine rings is 1. The predicted octanol–water partition coefficient (Wildman–Crippen LogP) is 1.71. The van der Waals surface area contributed by atoms with Gasteiger partial charge >= 0.3 is 6.09 Å². The van der Waals surface area contributed by atoms with Gasteiger partial charge in [-0.1, -0.05) is 19.3 Å². The first kappa shape index (κ1) is 22.7. The van der Waals surface area contributed by atoms with E-state index in [-0.39, 0.29) is 5.54 Å². The van der Waals surface area contributed by atoms with Crippen LogP contribution in [0.2, 0.25) is 0 Å². The lowest BCUT2D eigenvalue weighted by Gasteiger charge is -2.48. The van der Waals surface area contributed by atoms with Crippen LogP contribution in [0.4, 0.5) is 4.79 Å². The van der Waals surface area contributed by atoms with Gasteiger partial charge in [0.15, 0.2) is 5.96 Å². The van der Waals surface area contributed by atoms with Gasteiger partial charge in [0.25, 0.3) is 0 Å². The average molecular weight is 398 g/mol. The molecule has 1 aliphatic carbocycles. The number of hydrogen-bond acceptors (Lipinski definition) is 5. The van der Waals surface area contributed by atoms with Gasteiger partial charge < -0.3 is 25.4 Å². The van der Waals surface area contributed by atoms with Crippen LogP contribution >= 0.6 is 0 Å². The lowest BCUT2D eigenvalue weighted by molar-refractivity contribution is -0.0352. The van der Waals surface area contributed by atoms with E-state index in [1.807, 2.05) is 20.8 Å². The number of nitrogens with zero attached hydrogens (tertiary/aromatic N) is 2. The molecule has 0 atom stereocenters. The normalized spacial score (nSPS) is 21.1. The van der Waals surface area contributed by atoms with Crippen LogP contribution in [0.1, 0.15) is 52.9 Å². The Morgan fingerprint density at radius 3 is 2.32 bits per heavy atom. The summed E-state index contributed by atoms with van der Waals surface area (Å²) in [4.78, 5) is 18.6. The third-order valence-corrected chi connectivity index (χ3v) is 5.36. The first-order valence-electron chi connectivity index (χ1n) is 10.6. The molecule has 0 spiro atoms. The molecule has 0 aromatic heterocycles. The molecular formula is C20H39N5O3. The van der Waals surface area contributed by atoms with Crippen LogP contribution in [0.3, 0.4) is 0 Å². The fourth-order valence-corrected chi connectivity index (χ4v) is 3.98. The average Bonchev–Trinajstić information content (AvgIpc) is 2.67. The Morgan fingerprint density at radius 2 is 1.71 bits per heavy atom. The van der Waals surface area contributed by atoms with E-state index < -0.39 is 11.7 Å². The van der Waals surface area contributed by atoms with E-state index in [4.69, 9.17) is 9.47 Å². The Kier molecular flexibility index (Phi) is 8.82. The number of carbonyl (C=O) groups is 1. The third kappa shape index (κ3) is 7.47. The fraction of sp³-hybridized carbons (Fsp3) is 0.900. The number of ether oxygens (including phenoxy) is 2. The van der Waals surface area contributed by atoms with E-state index in [1.54, 1.807) is 7.05 Å². The molecule has 1 saturated carbocycles. The van der Waals surface area contributed by atoms with Gasteiger partial charge in [-0.2, -0.15) is 0 Å². The lowest BCUT2D eigenvalue weighted by atomic mass is 9.80. The zero-order valence-electron chi connectivity index (χ0n) is 18.1. The Hall–Kier alpha value is -1.54. The van der Waals surface area contributed by atoms with Gasteiger partial charge in [-0.25, -0.2) is 4.79 Å². The molecule has 162 valence electrons. The maximum atomic E-state index is 11.7. The zero-order chi connectivity index (χ0) is 20.5. The van der Waals surface area contributed by atoms with Crippen molar-refractivity contribution < 1.29 is 14.3 Å². The number of hydrogen-bond donors (Lipinski definition) is 3. The van der Waals surface area contributed by atoms with Gasteiger partial charge in [-0.3, -0.25) is 9.89 Å². The highest BCUT2D eigenvalue weighted by molar-refractivity contribution is 5.79. The Labute approximate surface area is 169 Å². The third-order valence-electron chi connectivity index (χ3n) is 5.36. The highest BCUT2D eigenvalue weighted by Gasteiger charge is 2.38. The van der Waals surface area contributed by atoms with Gasteiger partial charge in [-0.15, -0.1) is 0 Å². The summed E-state index contributed by atoms with van der Waals surface area (Å²) in [6.45, 7) is 11.2. The molecule has 3 N–H and O–H groups in total. The van der Waals surface area contributed by atoms with Crippen molar-refractivity contribution in [2.24, 2.45) is 4.99 Å². The van der Waals surface area contributed by atoms with Crippen molar-refractivity contribution in [3.63, 3.8) is 0 Å². The lowest BCUT2D eigenvalue weighted by Crippen LogP contribution is -2.60. The van der Waals surface area contributed by atoms with Crippen LogP contribution in [0, 0.1) is 0 Å². The van der Waals surface area contributed by atoms with Gasteiger partial charge in [0, 0.05) is 45.3 Å². The van der Waals surface area contributed by atoms with E-state index in [0.29, 0.717) is 13.1 Å². The van der Waals surface area contributed by atoms with Gasteiger partial charge in [0.05, 0.1) is 13.2 Å². The summed E-state index contributed by atoms with van der Waals surface area (Å²) >= 11 is 0. The minimum absolute atomic E-state index is 0.189. The second kappa shape index (κ2) is 10.9. The van der Waals surface area contributed by atoms with Gasteiger partial charge in [-0.05, 0) is 33.6 Å². The molecule has 2 rings (SSSR count). The van der Waals surface area contributed by atoms with Crippen LogP contribution in [0.15, 0.2) is 4.99 Å². The summed E-state index contributed by atoms with van der Waals surface area (Å²) in [5.74, 6) is 0.768. The summed E-state index contributed by atoms with van der Waals surface area (Å²) < 4.78 is 10.8. The number of alkyl carbamates (subject to hydrolysis) is 1. The quantitative estimate of drug-likeness (QED) is 0.359. The van der Waals surface area contributed by atoms with Gasteiger partial charge in [0.1, 0.15) is 5.60 Å². The zero-order valence-corrected chi connectivity index (χ0v) is 18.1. The summed E-state index contributed by atoms with van der Waals surface area (Å²) in [5, 5.41) is 9.54. The van der Waals surface area contributed by atoms with Crippen molar-refractivity contribution >= 4 is 12.1 Å². The van der Waals surface area contributed by atoms with Crippen molar-refractivity contribution in [1.29, 1.82) is 0 Å². The molecule has 1 aliphatic heterocycles. The molecule has 8 nitrogen and oxygen atoms in total. The van der Waals surface area contributed by atoms with E-state index >= 15 is 0 Å². The number of rotatable bonds is 6. The number of aliphatic imine (C=N–C) groups is 1. The smallest absolute Gasteiger partial charge is 0.407 e. The van der Waals surface area contributed by atoms with E-state index in [2.05, 4.69) is 25.8 Å². The second-order valence-corrected chi connectivity index (χ2v) is 8.67. The Bertz CT molecular complexity index is 506. The van der Waals surface area contributed by atoms with Crippen molar-refractivity contribution in [1.82, 2.24) is 20.9 Å². The number of guanidine groups is 1. The monoisotopic (exact) mass is 397 g/mol. The second-order valence-electron chi connectivity index (χ2n) is 8.67. The Balaban J connectivity index is 1.77. The molecule has 28 heavy (non-hydrogen) atoms. The number of nitrogens with one attached hydrogen (secondary N) is 3. The molecule has 0 aromatic rings. The largest absolute Gasteiger partial charge is 0.444 e. The Morgan fingerprint density at radius 1 is 1.07 bits per heavy atom. The minimum Gasteiger partial charge on any atom is -0.444 e. The molecule has 2 aliphatic rings. The van der Waals surface area contributed by atoms with E-state index in [1.165, 1.54) is 32.1 Å². The molecule has 1 heterocycles. The van der Waals surface area contributed by atoms with Crippen LogP contribution < -0.4 is 16.0 Å². The van der Waals surface area contributed by atoms with E-state index in [9.17, 15) is 4.79 Å². The topological polar surface area (TPSA) is 87.2 Å². The predicted molar refractivity (Wildman–Crippen MR) is 112 cm³/mol. The van der Waals surface area contributed by atoms with Crippen LogP contribution in [0.25, 0.3) is 0 Å². The summed E-state index contributed by atoms with van der Waals surface area (Å²) in [5.41, 5.74) is -0.294. The summed E-state index contributed by atoms with van der Waals surface area (Å²) in [7, 11) is 1.78. The van der Waals surface area contributed by atoms with Crippen LogP contribution in [-0.4, -0.2) is 81.1 Å². The molecule has 0 radical (unpaired) electrons. The number of carbonyl (C=O) groups excluding carboxylic acids is 1. The molecule has 1 amide bonds. The minimum atomic E-state index is -0.483. The maximum Gasteiger partial charge on any atom is 0.407 e. The van der Waals surface area contributed by atoms with Crippen molar-refractivity contribution in [2.45, 2.75) is 64.0 Å². The first-order chi connectivity index (χ1) is 13.3. The standard InChI is InChI=1S/C20H39N5O3/c1-19(2,3)28-18(26)23-11-10-22-17(21-4)24-16-20(8-6-5-7-9-20)25-12-14-27-15-13-25/h5-16H2,1-4H3,(H,23,26)(H2,21,22,24). The van der Waals surface area contributed by atoms with Crippen molar-refractivity contribution in [3.05, 3.63) is 0 Å². The first-order valence-corrected chi connectivity index (χ1v) is 10.6. The molecule has 2 fully saturated rings. The molecule has 0 unspecified atom stereocenters. The number of amides is 1. The molecule has 8 heteroatoms.